The molecule has 1 aromatic carbocycles. The van der Waals surface area contributed by atoms with E-state index in [1.54, 1.807) is 12.1 Å². The zero-order valence-electron chi connectivity index (χ0n) is 11.2. The molecule has 2 rings (SSSR count). The van der Waals surface area contributed by atoms with E-state index in [4.69, 9.17) is 0 Å². The molecule has 0 aliphatic heterocycles. The van der Waals surface area contributed by atoms with Gasteiger partial charge in [0.15, 0.2) is 0 Å². The van der Waals surface area contributed by atoms with Crippen molar-refractivity contribution in [2.45, 2.75) is 43.2 Å². The minimum absolute atomic E-state index is 0.0326. The van der Waals surface area contributed by atoms with Gasteiger partial charge in [0.1, 0.15) is 0 Å². The van der Waals surface area contributed by atoms with Crippen LogP contribution in [0.5, 0.6) is 0 Å². The molecule has 7 heteroatoms. The highest BCUT2D eigenvalue weighted by Crippen LogP contribution is 2.18. The standard InChI is InChI=1S/C13H18N2O4S/c1-9-5-7-10(8-6-9)20(18,19)15-13(17)14-11-3-2-4-12(11)16/h5-8,11-12,16H,2-4H2,1H3,(H2,14,15,17)/t11-,12-/m0/s1. The summed E-state index contributed by atoms with van der Waals surface area (Å²) in [4.78, 5) is 11.7. The normalized spacial score (nSPS) is 22.5. The van der Waals surface area contributed by atoms with E-state index >= 15 is 0 Å². The molecule has 0 radical (unpaired) electrons. The zero-order chi connectivity index (χ0) is 14.8. The number of carbonyl (C=O) groups is 1. The number of nitrogens with one attached hydrogen (secondary N) is 2. The van der Waals surface area contributed by atoms with Crippen molar-refractivity contribution in [1.82, 2.24) is 10.0 Å². The number of aryl methyl sites for hydroxylation is 1. The Hall–Kier alpha value is -1.60. The van der Waals surface area contributed by atoms with Gasteiger partial charge in [0.2, 0.25) is 0 Å². The van der Waals surface area contributed by atoms with Crippen molar-refractivity contribution in [2.75, 3.05) is 0 Å². The molecule has 1 fully saturated rings. The highest BCUT2D eigenvalue weighted by atomic mass is 32.2. The Kier molecular flexibility index (Phi) is 4.29. The molecule has 3 N–H and O–H groups in total. The molecule has 0 saturated heterocycles. The van der Waals surface area contributed by atoms with Crippen LogP contribution in [0.3, 0.4) is 0 Å². The Morgan fingerprint density at radius 3 is 2.45 bits per heavy atom. The molecule has 2 atom stereocenters. The molecule has 1 aliphatic rings. The van der Waals surface area contributed by atoms with Crippen LogP contribution in [0.15, 0.2) is 29.2 Å². The molecular weight excluding hydrogens is 280 g/mol. The van der Waals surface area contributed by atoms with Crippen molar-refractivity contribution < 1.29 is 18.3 Å². The molecule has 0 heterocycles. The lowest BCUT2D eigenvalue weighted by molar-refractivity contribution is 0.150. The van der Waals surface area contributed by atoms with Crippen LogP contribution in [0, 0.1) is 6.92 Å². The lowest BCUT2D eigenvalue weighted by atomic mass is 10.2. The number of rotatable bonds is 3. The van der Waals surface area contributed by atoms with E-state index in [2.05, 4.69) is 5.32 Å². The van der Waals surface area contributed by atoms with Crippen LogP contribution in [0.1, 0.15) is 24.8 Å². The summed E-state index contributed by atoms with van der Waals surface area (Å²) in [7, 11) is -3.88. The lowest BCUT2D eigenvalue weighted by Crippen LogP contribution is -2.47. The van der Waals surface area contributed by atoms with Crippen molar-refractivity contribution in [1.29, 1.82) is 0 Å². The first-order chi connectivity index (χ1) is 9.38. The third kappa shape index (κ3) is 3.49. The molecule has 6 nitrogen and oxygen atoms in total. The quantitative estimate of drug-likeness (QED) is 0.772. The molecule has 0 unspecified atom stereocenters. The largest absolute Gasteiger partial charge is 0.391 e. The average Bonchev–Trinajstić information content (AvgIpc) is 2.74. The van der Waals surface area contributed by atoms with Crippen LogP contribution in [0.2, 0.25) is 0 Å². The second kappa shape index (κ2) is 5.80. The van der Waals surface area contributed by atoms with Crippen LogP contribution < -0.4 is 10.0 Å². The lowest BCUT2D eigenvalue weighted by Gasteiger charge is -2.16. The fourth-order valence-corrected chi connectivity index (χ4v) is 3.12. The van der Waals surface area contributed by atoms with E-state index in [0.29, 0.717) is 12.8 Å². The molecule has 2 amide bonds. The molecule has 1 aromatic rings. The number of aliphatic hydroxyl groups is 1. The molecule has 1 saturated carbocycles. The van der Waals surface area contributed by atoms with Gasteiger partial charge in [-0.1, -0.05) is 17.7 Å². The number of urea groups is 1. The number of sulfonamides is 1. The Morgan fingerprint density at radius 2 is 1.90 bits per heavy atom. The van der Waals surface area contributed by atoms with E-state index in [-0.39, 0.29) is 10.9 Å². The summed E-state index contributed by atoms with van der Waals surface area (Å²) in [6.07, 6.45) is 1.48. The van der Waals surface area contributed by atoms with Gasteiger partial charge in [-0.2, -0.15) is 0 Å². The van der Waals surface area contributed by atoms with Gasteiger partial charge in [-0.05, 0) is 38.3 Å². The number of aliphatic hydroxyl groups excluding tert-OH is 1. The van der Waals surface area contributed by atoms with Gasteiger partial charge >= 0.3 is 6.03 Å². The van der Waals surface area contributed by atoms with E-state index in [1.165, 1.54) is 12.1 Å². The Morgan fingerprint density at radius 1 is 1.25 bits per heavy atom. The number of hydrogen-bond acceptors (Lipinski definition) is 4. The number of hydrogen-bond donors (Lipinski definition) is 3. The Balaban J connectivity index is 2.01. The summed E-state index contributed by atoms with van der Waals surface area (Å²) in [5.41, 5.74) is 0.933. The minimum atomic E-state index is -3.88. The first-order valence-electron chi connectivity index (χ1n) is 6.46. The van der Waals surface area contributed by atoms with Crippen molar-refractivity contribution in [3.8, 4) is 0 Å². The fourth-order valence-electron chi connectivity index (χ4n) is 2.21. The van der Waals surface area contributed by atoms with E-state index in [9.17, 15) is 18.3 Å². The highest BCUT2D eigenvalue weighted by molar-refractivity contribution is 7.90. The van der Waals surface area contributed by atoms with Gasteiger partial charge < -0.3 is 10.4 Å². The summed E-state index contributed by atoms with van der Waals surface area (Å²) in [6.45, 7) is 1.85. The topological polar surface area (TPSA) is 95.5 Å². The zero-order valence-corrected chi connectivity index (χ0v) is 12.0. The van der Waals surface area contributed by atoms with Crippen LogP contribution in [-0.4, -0.2) is 31.7 Å². The molecule has 0 bridgehead atoms. The maximum Gasteiger partial charge on any atom is 0.329 e. The predicted octanol–water partition coefficient (Wildman–Crippen LogP) is 0.896. The molecule has 110 valence electrons. The van der Waals surface area contributed by atoms with Crippen molar-refractivity contribution in [3.63, 3.8) is 0 Å². The minimum Gasteiger partial charge on any atom is -0.391 e. The van der Waals surface area contributed by atoms with Crippen molar-refractivity contribution in [2.24, 2.45) is 0 Å². The van der Waals surface area contributed by atoms with Crippen LogP contribution in [-0.2, 0) is 10.0 Å². The van der Waals surface area contributed by atoms with Gasteiger partial charge in [0.05, 0.1) is 17.0 Å². The van der Waals surface area contributed by atoms with Gasteiger partial charge in [-0.25, -0.2) is 17.9 Å². The summed E-state index contributed by atoms with van der Waals surface area (Å²) in [6, 6.07) is 5.00. The highest BCUT2D eigenvalue weighted by Gasteiger charge is 2.28. The van der Waals surface area contributed by atoms with Crippen LogP contribution >= 0.6 is 0 Å². The molecular formula is C13H18N2O4S. The van der Waals surface area contributed by atoms with Crippen molar-refractivity contribution >= 4 is 16.1 Å². The summed E-state index contributed by atoms with van der Waals surface area (Å²) in [5, 5.41) is 12.1. The second-order valence-corrected chi connectivity index (χ2v) is 6.68. The van der Waals surface area contributed by atoms with Crippen molar-refractivity contribution in [3.05, 3.63) is 29.8 Å². The smallest absolute Gasteiger partial charge is 0.329 e. The first-order valence-corrected chi connectivity index (χ1v) is 7.95. The van der Waals surface area contributed by atoms with Gasteiger partial charge in [-0.15, -0.1) is 0 Å². The van der Waals surface area contributed by atoms with Gasteiger partial charge in [-0.3, -0.25) is 0 Å². The van der Waals surface area contributed by atoms with Gasteiger partial charge in [0, 0.05) is 0 Å². The monoisotopic (exact) mass is 298 g/mol. The summed E-state index contributed by atoms with van der Waals surface area (Å²) < 4.78 is 25.9. The number of carbonyl (C=O) groups excluding carboxylic acids is 1. The third-order valence-electron chi connectivity index (χ3n) is 3.35. The average molecular weight is 298 g/mol. The first kappa shape index (κ1) is 14.8. The summed E-state index contributed by atoms with van der Waals surface area (Å²) in [5.74, 6) is 0. The van der Waals surface area contributed by atoms with E-state index in [1.807, 2.05) is 11.6 Å². The van der Waals surface area contributed by atoms with Crippen LogP contribution in [0.25, 0.3) is 0 Å². The summed E-state index contributed by atoms with van der Waals surface area (Å²) >= 11 is 0. The van der Waals surface area contributed by atoms with Gasteiger partial charge in [0.25, 0.3) is 10.0 Å². The number of benzene rings is 1. The maximum atomic E-state index is 12.0. The molecule has 0 spiro atoms. The van der Waals surface area contributed by atoms with E-state index < -0.39 is 22.2 Å². The second-order valence-electron chi connectivity index (χ2n) is 5.00. The van der Waals surface area contributed by atoms with E-state index in [0.717, 1.165) is 12.0 Å². The Bertz CT molecular complexity index is 583. The molecule has 1 aliphatic carbocycles. The maximum absolute atomic E-state index is 12.0. The Labute approximate surface area is 118 Å². The molecule has 20 heavy (non-hydrogen) atoms. The fraction of sp³-hybridized carbons (Fsp3) is 0.462. The SMILES string of the molecule is Cc1ccc(S(=O)(=O)NC(=O)N[C@H]2CCC[C@@H]2O)cc1. The molecule has 0 aromatic heterocycles. The number of amides is 2. The van der Waals surface area contributed by atoms with Crippen LogP contribution in [0.4, 0.5) is 4.79 Å². The predicted molar refractivity (Wildman–Crippen MR) is 73.7 cm³/mol. The third-order valence-corrected chi connectivity index (χ3v) is 4.70.